The number of nitrogens with zero attached hydrogens (tertiary/aromatic N) is 1. The fourth-order valence-corrected chi connectivity index (χ4v) is 2.59. The van der Waals surface area contributed by atoms with E-state index in [1.165, 1.54) is 0 Å². The molecule has 0 radical (unpaired) electrons. The Morgan fingerprint density at radius 3 is 2.62 bits per heavy atom. The molecule has 0 aliphatic rings. The smallest absolute Gasteiger partial charge is 0.313 e. The van der Waals surface area contributed by atoms with Crippen molar-refractivity contribution in [3.63, 3.8) is 0 Å². The van der Waals surface area contributed by atoms with Gasteiger partial charge in [0.25, 0.3) is 6.01 Å². The van der Waals surface area contributed by atoms with E-state index in [9.17, 15) is 9.90 Å². The average Bonchev–Trinajstić information content (AvgIpc) is 2.97. The van der Waals surface area contributed by atoms with Crippen molar-refractivity contribution in [3.8, 4) is 0 Å². The van der Waals surface area contributed by atoms with Gasteiger partial charge in [-0.2, -0.15) is 4.98 Å². The minimum absolute atomic E-state index is 0.345. The molecule has 1 atom stereocenters. The molecule has 0 amide bonds. The lowest BCUT2D eigenvalue weighted by Crippen LogP contribution is -2.31. The fraction of sp³-hybridized carbons (Fsp3) is 0.222. The van der Waals surface area contributed by atoms with Crippen LogP contribution in [-0.2, 0) is 10.2 Å². The lowest BCUT2D eigenvalue weighted by molar-refractivity contribution is -0.143. The molecule has 1 unspecified atom stereocenters. The highest BCUT2D eigenvalue weighted by molar-refractivity contribution is 6.30. The summed E-state index contributed by atoms with van der Waals surface area (Å²) in [5.41, 5.74) is 1.77. The summed E-state index contributed by atoms with van der Waals surface area (Å²) >= 11 is 5.86. The van der Waals surface area contributed by atoms with E-state index in [4.69, 9.17) is 16.0 Å². The van der Waals surface area contributed by atoms with Crippen LogP contribution in [0, 0.1) is 0 Å². The van der Waals surface area contributed by atoms with Crippen molar-refractivity contribution in [2.45, 2.75) is 25.7 Å². The first-order valence-corrected chi connectivity index (χ1v) is 7.97. The van der Waals surface area contributed by atoms with E-state index in [1.54, 1.807) is 37.3 Å². The van der Waals surface area contributed by atoms with Crippen LogP contribution < -0.4 is 5.32 Å². The second kappa shape index (κ2) is 6.17. The number of carboxylic acids is 1. The third-order valence-electron chi connectivity index (χ3n) is 4.30. The number of nitrogens with one attached hydrogen (secondary N) is 1. The molecule has 6 heteroatoms. The van der Waals surface area contributed by atoms with Crippen molar-refractivity contribution < 1.29 is 14.3 Å². The van der Waals surface area contributed by atoms with Crippen LogP contribution in [0.5, 0.6) is 0 Å². The van der Waals surface area contributed by atoms with Crippen LogP contribution in [0.3, 0.4) is 0 Å². The summed E-state index contributed by atoms with van der Waals surface area (Å²) in [6.07, 6.45) is 0.488. The van der Waals surface area contributed by atoms with Gasteiger partial charge in [0, 0.05) is 10.7 Å². The molecular weight excluding hydrogens is 328 g/mol. The lowest BCUT2D eigenvalue weighted by Gasteiger charge is -2.23. The highest BCUT2D eigenvalue weighted by Crippen LogP contribution is 2.31. The maximum absolute atomic E-state index is 11.6. The van der Waals surface area contributed by atoms with E-state index in [0.717, 1.165) is 5.69 Å². The van der Waals surface area contributed by atoms with Crippen LogP contribution in [0.2, 0.25) is 5.02 Å². The first-order chi connectivity index (χ1) is 11.4. The number of halogens is 1. The van der Waals surface area contributed by atoms with Crippen LogP contribution in [0.1, 0.15) is 25.8 Å². The summed E-state index contributed by atoms with van der Waals surface area (Å²) in [5.74, 6) is -0.854. The van der Waals surface area contributed by atoms with Gasteiger partial charge in [0.1, 0.15) is 5.52 Å². The van der Waals surface area contributed by atoms with E-state index in [-0.39, 0.29) is 0 Å². The zero-order valence-electron chi connectivity index (χ0n) is 13.3. The summed E-state index contributed by atoms with van der Waals surface area (Å²) in [5, 5.41) is 13.2. The molecule has 0 aliphatic heterocycles. The van der Waals surface area contributed by atoms with Gasteiger partial charge < -0.3 is 14.8 Å². The summed E-state index contributed by atoms with van der Waals surface area (Å²) in [4.78, 5) is 16.0. The molecule has 0 bridgehead atoms. The summed E-state index contributed by atoms with van der Waals surface area (Å²) < 4.78 is 5.66. The van der Waals surface area contributed by atoms with Crippen molar-refractivity contribution >= 4 is 40.4 Å². The number of hydrogen-bond donors (Lipinski definition) is 2. The predicted octanol–water partition coefficient (Wildman–Crippen LogP) is 4.98. The summed E-state index contributed by atoms with van der Waals surface area (Å²) in [7, 11) is 0. The Balaban J connectivity index is 1.94. The number of hydrogen-bond acceptors (Lipinski definition) is 4. The largest absolute Gasteiger partial charge is 0.481 e. The molecule has 0 spiro atoms. The number of aromatic nitrogens is 1. The Morgan fingerprint density at radius 1 is 1.29 bits per heavy atom. The zero-order valence-corrected chi connectivity index (χ0v) is 14.1. The Labute approximate surface area is 144 Å². The minimum Gasteiger partial charge on any atom is -0.481 e. The normalized spacial score (nSPS) is 13.6. The first kappa shape index (κ1) is 16.3. The van der Waals surface area contributed by atoms with Gasteiger partial charge in [0.05, 0.1) is 5.41 Å². The zero-order chi connectivity index (χ0) is 17.3. The van der Waals surface area contributed by atoms with Crippen LogP contribution in [0.25, 0.3) is 11.1 Å². The summed E-state index contributed by atoms with van der Waals surface area (Å²) in [6.45, 7) is 3.57. The van der Waals surface area contributed by atoms with Gasteiger partial charge in [-0.15, -0.1) is 0 Å². The van der Waals surface area contributed by atoms with Gasteiger partial charge in [-0.25, -0.2) is 0 Å². The maximum atomic E-state index is 11.6. The molecule has 1 aromatic heterocycles. The molecule has 0 saturated carbocycles. The molecule has 124 valence electrons. The van der Waals surface area contributed by atoms with Crippen LogP contribution in [0.15, 0.2) is 46.9 Å². The number of benzene rings is 2. The van der Waals surface area contributed by atoms with Gasteiger partial charge in [0.2, 0.25) is 0 Å². The number of fused-ring (bicyclic) bond motifs is 1. The highest BCUT2D eigenvalue weighted by atomic mass is 35.5. The Kier molecular flexibility index (Phi) is 4.20. The number of aliphatic carboxylic acids is 1. The van der Waals surface area contributed by atoms with Crippen molar-refractivity contribution in [1.29, 1.82) is 0 Å². The van der Waals surface area contributed by atoms with E-state index >= 15 is 0 Å². The molecule has 5 nitrogen and oxygen atoms in total. The molecular formula is C18H17ClN2O3. The monoisotopic (exact) mass is 344 g/mol. The van der Waals surface area contributed by atoms with Crippen molar-refractivity contribution in [1.82, 2.24) is 4.98 Å². The third-order valence-corrected chi connectivity index (χ3v) is 4.55. The highest BCUT2D eigenvalue weighted by Gasteiger charge is 2.33. The van der Waals surface area contributed by atoms with Crippen molar-refractivity contribution in [3.05, 3.63) is 53.1 Å². The van der Waals surface area contributed by atoms with E-state index in [1.807, 2.05) is 19.1 Å². The standard InChI is InChI=1S/C18H17ClN2O3/c1-3-18(2,16(22)23)11-4-9-15-14(10-11)21-17(24-15)20-13-7-5-12(19)6-8-13/h4-10H,3H2,1-2H3,(H,20,21)(H,22,23). The molecule has 3 rings (SSSR count). The van der Waals surface area contributed by atoms with E-state index in [2.05, 4.69) is 10.3 Å². The molecule has 0 fully saturated rings. The number of rotatable bonds is 5. The predicted molar refractivity (Wildman–Crippen MR) is 94.0 cm³/mol. The SMILES string of the molecule is CCC(C)(C(=O)O)c1ccc2oc(Nc3ccc(Cl)cc3)nc2c1. The first-order valence-electron chi connectivity index (χ1n) is 7.59. The van der Waals surface area contributed by atoms with Gasteiger partial charge in [-0.3, -0.25) is 4.79 Å². The Bertz CT molecular complexity index is 889. The molecule has 3 aromatic rings. The third kappa shape index (κ3) is 2.95. The second-order valence-corrected chi connectivity index (χ2v) is 6.26. The topological polar surface area (TPSA) is 75.4 Å². The minimum atomic E-state index is -0.948. The molecule has 2 aromatic carbocycles. The number of carboxylic acid groups (broad SMARTS) is 1. The van der Waals surface area contributed by atoms with Gasteiger partial charge >= 0.3 is 5.97 Å². The van der Waals surface area contributed by atoms with Crippen LogP contribution in [0.4, 0.5) is 11.7 Å². The molecule has 0 saturated heterocycles. The number of anilines is 2. The summed E-state index contributed by atoms with van der Waals surface area (Å²) in [6, 6.07) is 12.8. The molecule has 0 aliphatic carbocycles. The molecule has 1 heterocycles. The quantitative estimate of drug-likeness (QED) is 0.682. The Morgan fingerprint density at radius 2 is 2.00 bits per heavy atom. The van der Waals surface area contributed by atoms with Crippen molar-refractivity contribution in [2.75, 3.05) is 5.32 Å². The van der Waals surface area contributed by atoms with Crippen LogP contribution >= 0.6 is 11.6 Å². The molecule has 2 N–H and O–H groups in total. The van der Waals surface area contributed by atoms with E-state index in [0.29, 0.717) is 34.1 Å². The number of oxazole rings is 1. The van der Waals surface area contributed by atoms with Crippen molar-refractivity contribution in [2.24, 2.45) is 0 Å². The second-order valence-electron chi connectivity index (χ2n) is 5.82. The van der Waals surface area contributed by atoms with Gasteiger partial charge in [-0.05, 0) is 55.3 Å². The van der Waals surface area contributed by atoms with Gasteiger partial charge in [-0.1, -0.05) is 24.6 Å². The maximum Gasteiger partial charge on any atom is 0.313 e. The van der Waals surface area contributed by atoms with Crippen LogP contribution in [-0.4, -0.2) is 16.1 Å². The number of carbonyl (C=O) groups is 1. The van der Waals surface area contributed by atoms with E-state index < -0.39 is 11.4 Å². The fourth-order valence-electron chi connectivity index (χ4n) is 2.46. The van der Waals surface area contributed by atoms with Gasteiger partial charge in [0.15, 0.2) is 5.58 Å². The Hall–Kier alpha value is -2.53. The lowest BCUT2D eigenvalue weighted by atomic mass is 9.80. The average molecular weight is 345 g/mol. The molecule has 24 heavy (non-hydrogen) atoms.